The minimum atomic E-state index is -0.509. The van der Waals surface area contributed by atoms with E-state index in [4.69, 9.17) is 9.47 Å². The Balaban J connectivity index is 1.10. The van der Waals surface area contributed by atoms with E-state index in [1.54, 1.807) is 33.7 Å². The van der Waals surface area contributed by atoms with E-state index in [9.17, 15) is 20.0 Å². The highest BCUT2D eigenvalue weighted by atomic mass is 19.1. The third kappa shape index (κ3) is 9.24. The van der Waals surface area contributed by atoms with E-state index in [2.05, 4.69) is 35.3 Å². The molecule has 0 aliphatic carbocycles. The van der Waals surface area contributed by atoms with Crippen molar-refractivity contribution >= 4 is 23.4 Å². The molecule has 356 valence electrons. The SMILES string of the molecule is Cc1cc(OCCN2CCOCC2)c(F)cc1CC(=O)N1CCc2cc(-c3c(-c4cc(C#N)n(C)c4C)c(C(=O)Nc4ccc(O)cc4)c(C)n3C)c(C(=O)N3Cc4ccccc4C[C@H]3C)cc2C1. The molecule has 3 amide bonds. The number of fused-ring (bicyclic) bond motifs is 2. The van der Waals surface area contributed by atoms with Crippen LogP contribution in [0.5, 0.6) is 11.5 Å². The van der Waals surface area contributed by atoms with Gasteiger partial charge in [-0.05, 0) is 129 Å². The molecule has 2 aromatic heterocycles. The number of nitrogens with one attached hydrogen (secondary N) is 1. The van der Waals surface area contributed by atoms with Crippen LogP contribution < -0.4 is 10.1 Å². The molecule has 4 aromatic carbocycles. The Morgan fingerprint density at radius 3 is 2.33 bits per heavy atom. The number of benzene rings is 4. The first-order valence-corrected chi connectivity index (χ1v) is 23.6. The fourth-order valence-corrected chi connectivity index (χ4v) is 10.1. The number of halogens is 1. The molecule has 1 saturated heterocycles. The zero-order chi connectivity index (χ0) is 48.7. The Bertz CT molecular complexity index is 3030. The van der Waals surface area contributed by atoms with Crippen molar-refractivity contribution in [3.05, 3.63) is 146 Å². The van der Waals surface area contributed by atoms with Gasteiger partial charge in [-0.2, -0.15) is 5.26 Å². The van der Waals surface area contributed by atoms with Crippen LogP contribution in [0.4, 0.5) is 10.1 Å². The second kappa shape index (κ2) is 19.4. The van der Waals surface area contributed by atoms with E-state index in [0.29, 0.717) is 108 Å². The van der Waals surface area contributed by atoms with Crippen LogP contribution in [0.3, 0.4) is 0 Å². The number of nitriles is 1. The average molecular weight is 932 g/mol. The summed E-state index contributed by atoms with van der Waals surface area (Å²) in [4.78, 5) is 50.2. The van der Waals surface area contributed by atoms with Gasteiger partial charge in [-0.1, -0.05) is 24.3 Å². The summed E-state index contributed by atoms with van der Waals surface area (Å²) < 4.78 is 30.5. The second-order valence-corrected chi connectivity index (χ2v) is 18.6. The molecular weight excluding hydrogens is 874 g/mol. The summed E-state index contributed by atoms with van der Waals surface area (Å²) in [6, 6.07) is 25.4. The number of aryl methyl sites for hydroxylation is 1. The average Bonchev–Trinajstić information content (AvgIpc) is 3.78. The predicted octanol–water partition coefficient (Wildman–Crippen LogP) is 8.02. The zero-order valence-electron chi connectivity index (χ0n) is 40.1. The number of hydrogen-bond donors (Lipinski definition) is 2. The van der Waals surface area contributed by atoms with Gasteiger partial charge in [-0.25, -0.2) is 4.39 Å². The maximum Gasteiger partial charge on any atom is 0.258 e. The maximum atomic E-state index is 15.5. The molecule has 13 nitrogen and oxygen atoms in total. The standard InChI is InChI=1S/C55H58FN7O6/c1-33-23-49(69-22-19-61-17-20-68-21-18-61)48(56)27-40(33)28-50(65)62-16-15-38-25-46(47(26-41(38)31-62)55(67)63-32-39-10-8-7-9-37(39)24-34(63)2)53-52(45-29-43(30-57)59(5)35(45)3)51(36(4)60(53)6)54(66)58-42-11-13-44(64)14-12-42/h7-14,23,25-27,29,34,64H,15-22,24,28,31-32H2,1-6H3,(H,58,66)/t34-/m1/s1. The molecule has 3 aliphatic heterocycles. The number of rotatable bonds is 11. The number of aromatic hydroxyl groups is 1. The van der Waals surface area contributed by atoms with E-state index in [0.717, 1.165) is 41.0 Å². The lowest BCUT2D eigenvalue weighted by Crippen LogP contribution is -2.43. The van der Waals surface area contributed by atoms with Gasteiger partial charge in [0.2, 0.25) is 5.91 Å². The highest BCUT2D eigenvalue weighted by Gasteiger charge is 2.35. The predicted molar refractivity (Wildman–Crippen MR) is 262 cm³/mol. The van der Waals surface area contributed by atoms with Crippen molar-refractivity contribution < 1.29 is 33.4 Å². The molecule has 0 bridgehead atoms. The Hall–Kier alpha value is -7.21. The number of hydrogen-bond acceptors (Lipinski definition) is 8. The zero-order valence-corrected chi connectivity index (χ0v) is 40.1. The van der Waals surface area contributed by atoms with Crippen molar-refractivity contribution in [2.75, 3.05) is 51.3 Å². The molecule has 0 radical (unpaired) electrons. The van der Waals surface area contributed by atoms with Gasteiger partial charge in [-0.3, -0.25) is 19.3 Å². The Kier molecular flexibility index (Phi) is 13.2. The van der Waals surface area contributed by atoms with Gasteiger partial charge in [0.1, 0.15) is 24.1 Å². The number of amides is 3. The molecule has 3 aliphatic rings. The summed E-state index contributed by atoms with van der Waals surface area (Å²) in [7, 11) is 3.70. The summed E-state index contributed by atoms with van der Waals surface area (Å²) in [6.07, 6.45) is 1.18. The number of anilines is 1. The van der Waals surface area contributed by atoms with Gasteiger partial charge in [0, 0.05) is 98.7 Å². The molecule has 14 heteroatoms. The monoisotopic (exact) mass is 931 g/mol. The van der Waals surface area contributed by atoms with E-state index < -0.39 is 5.82 Å². The fourth-order valence-electron chi connectivity index (χ4n) is 10.1. The molecule has 0 spiro atoms. The summed E-state index contributed by atoms with van der Waals surface area (Å²) in [5.41, 5.74) is 11.1. The van der Waals surface area contributed by atoms with Crippen LogP contribution in [-0.4, -0.2) is 98.7 Å². The van der Waals surface area contributed by atoms with E-state index in [1.165, 1.54) is 23.8 Å². The van der Waals surface area contributed by atoms with Crippen molar-refractivity contribution in [3.8, 4) is 40.0 Å². The number of carbonyl (C=O) groups excluding carboxylic acids is 3. The Morgan fingerprint density at radius 2 is 1.61 bits per heavy atom. The highest BCUT2D eigenvalue weighted by molar-refractivity contribution is 6.14. The number of nitrogens with zero attached hydrogens (tertiary/aromatic N) is 6. The van der Waals surface area contributed by atoms with Crippen LogP contribution in [0.1, 0.15) is 78.1 Å². The van der Waals surface area contributed by atoms with Crippen LogP contribution in [0.25, 0.3) is 22.4 Å². The van der Waals surface area contributed by atoms with Crippen molar-refractivity contribution in [2.45, 2.75) is 66.1 Å². The third-order valence-corrected chi connectivity index (χ3v) is 14.4. The topological polar surface area (TPSA) is 145 Å². The lowest BCUT2D eigenvalue weighted by Gasteiger charge is -2.36. The summed E-state index contributed by atoms with van der Waals surface area (Å²) in [5.74, 6) is -1.00. The Morgan fingerprint density at radius 1 is 0.870 bits per heavy atom. The minimum absolute atomic E-state index is 0.00278. The molecule has 0 saturated carbocycles. The quantitative estimate of drug-likeness (QED) is 0.124. The van der Waals surface area contributed by atoms with Gasteiger partial charge < -0.3 is 38.8 Å². The molecule has 1 atom stereocenters. The van der Waals surface area contributed by atoms with Gasteiger partial charge in [0.15, 0.2) is 11.6 Å². The first-order valence-electron chi connectivity index (χ1n) is 23.6. The van der Waals surface area contributed by atoms with E-state index in [1.807, 2.05) is 68.6 Å². The summed E-state index contributed by atoms with van der Waals surface area (Å²) in [5, 5.41) is 23.2. The van der Waals surface area contributed by atoms with Crippen molar-refractivity contribution in [1.82, 2.24) is 23.8 Å². The highest BCUT2D eigenvalue weighted by Crippen LogP contribution is 2.44. The molecule has 6 aromatic rings. The first kappa shape index (κ1) is 46.9. The lowest BCUT2D eigenvalue weighted by molar-refractivity contribution is -0.131. The molecule has 0 unspecified atom stereocenters. The third-order valence-electron chi connectivity index (χ3n) is 14.4. The number of ether oxygens (including phenoxy) is 2. The fraction of sp³-hybridized carbons (Fsp3) is 0.345. The molecule has 5 heterocycles. The van der Waals surface area contributed by atoms with E-state index >= 15 is 9.18 Å². The van der Waals surface area contributed by atoms with Crippen LogP contribution in [0, 0.1) is 37.9 Å². The van der Waals surface area contributed by atoms with Crippen molar-refractivity contribution in [1.29, 1.82) is 5.26 Å². The molecule has 9 rings (SSSR count). The van der Waals surface area contributed by atoms with Gasteiger partial charge in [0.05, 0.1) is 30.9 Å². The number of phenols is 1. The van der Waals surface area contributed by atoms with Crippen LogP contribution >= 0.6 is 0 Å². The van der Waals surface area contributed by atoms with Crippen molar-refractivity contribution in [2.24, 2.45) is 14.1 Å². The van der Waals surface area contributed by atoms with Crippen LogP contribution in [-0.2, 0) is 56.0 Å². The lowest BCUT2D eigenvalue weighted by atomic mass is 9.87. The summed E-state index contributed by atoms with van der Waals surface area (Å²) >= 11 is 0. The number of phenolic OH excluding ortho intramolecular Hbond substituents is 1. The molecule has 1 fully saturated rings. The number of morpholine rings is 1. The molecular formula is C55H58FN7O6. The van der Waals surface area contributed by atoms with Crippen molar-refractivity contribution in [3.63, 3.8) is 0 Å². The van der Waals surface area contributed by atoms with E-state index in [-0.39, 0.29) is 48.2 Å². The van der Waals surface area contributed by atoms with Crippen LogP contribution in [0.15, 0.2) is 78.9 Å². The maximum absolute atomic E-state index is 15.5. The Labute approximate surface area is 402 Å². The largest absolute Gasteiger partial charge is 0.508 e. The minimum Gasteiger partial charge on any atom is -0.508 e. The smallest absolute Gasteiger partial charge is 0.258 e. The first-order chi connectivity index (χ1) is 33.2. The van der Waals surface area contributed by atoms with Gasteiger partial charge in [-0.15, -0.1) is 0 Å². The normalized spacial score (nSPS) is 15.9. The summed E-state index contributed by atoms with van der Waals surface area (Å²) in [6.45, 7) is 12.8. The number of aromatic nitrogens is 2. The number of carbonyl (C=O) groups is 3. The van der Waals surface area contributed by atoms with Gasteiger partial charge >= 0.3 is 0 Å². The second-order valence-electron chi connectivity index (χ2n) is 18.6. The molecule has 2 N–H and O–H groups in total. The van der Waals surface area contributed by atoms with Crippen LogP contribution in [0.2, 0.25) is 0 Å². The molecule has 69 heavy (non-hydrogen) atoms. The van der Waals surface area contributed by atoms with Gasteiger partial charge in [0.25, 0.3) is 11.8 Å².